The summed E-state index contributed by atoms with van der Waals surface area (Å²) in [6.45, 7) is 4.81. The number of nitrogens with one attached hydrogen (secondary N) is 1. The molecule has 7 nitrogen and oxygen atoms in total. The van der Waals surface area contributed by atoms with E-state index in [1.165, 1.54) is 19.1 Å². The fourth-order valence-electron chi connectivity index (χ4n) is 1.48. The molecule has 20 heavy (non-hydrogen) atoms. The van der Waals surface area contributed by atoms with Gasteiger partial charge in [0.15, 0.2) is 4.90 Å². The third-order valence-electron chi connectivity index (χ3n) is 2.37. The van der Waals surface area contributed by atoms with Gasteiger partial charge < -0.3 is 5.73 Å². The standard InChI is InChI=1S/C11H17N3O4S.ClH/c1-8-5-4-6-9(14(15)16)10(8)19(17,18)13-7-11(2,3)12;/h4-6,13H,7,12H2,1-3H3;1H. The molecule has 9 heteroatoms. The van der Waals surface area contributed by atoms with Crippen molar-refractivity contribution in [3.05, 3.63) is 33.9 Å². The van der Waals surface area contributed by atoms with Crippen LogP contribution >= 0.6 is 12.4 Å². The van der Waals surface area contributed by atoms with Gasteiger partial charge in [-0.25, -0.2) is 13.1 Å². The summed E-state index contributed by atoms with van der Waals surface area (Å²) in [4.78, 5) is 9.88. The van der Waals surface area contributed by atoms with Crippen LogP contribution in [0, 0.1) is 17.0 Å². The van der Waals surface area contributed by atoms with E-state index in [0.29, 0.717) is 5.56 Å². The molecule has 0 amide bonds. The maximum atomic E-state index is 12.2. The molecule has 0 aliphatic rings. The highest BCUT2D eigenvalue weighted by molar-refractivity contribution is 7.89. The van der Waals surface area contributed by atoms with Gasteiger partial charge in [-0.2, -0.15) is 0 Å². The van der Waals surface area contributed by atoms with Gasteiger partial charge in [-0.3, -0.25) is 10.1 Å². The second-order valence-corrected chi connectivity index (χ2v) is 6.70. The molecule has 0 aromatic heterocycles. The molecule has 1 rings (SSSR count). The first-order valence-corrected chi connectivity index (χ1v) is 7.05. The van der Waals surface area contributed by atoms with Gasteiger partial charge in [0.1, 0.15) is 0 Å². The molecule has 0 heterocycles. The minimum Gasteiger partial charge on any atom is -0.324 e. The molecule has 0 aliphatic carbocycles. The van der Waals surface area contributed by atoms with Gasteiger partial charge in [0.25, 0.3) is 5.69 Å². The average Bonchev–Trinajstić information content (AvgIpc) is 2.25. The quantitative estimate of drug-likeness (QED) is 0.626. The Balaban J connectivity index is 0.00000361. The molecule has 114 valence electrons. The SMILES string of the molecule is Cc1cccc([N+](=O)[O-])c1S(=O)(=O)NCC(C)(C)N.Cl. The maximum absolute atomic E-state index is 12.2. The topological polar surface area (TPSA) is 115 Å². The third-order valence-corrected chi connectivity index (χ3v) is 3.97. The van der Waals surface area contributed by atoms with Gasteiger partial charge in [-0.15, -0.1) is 12.4 Å². The lowest BCUT2D eigenvalue weighted by atomic mass is 10.1. The van der Waals surface area contributed by atoms with Crippen molar-refractivity contribution in [3.63, 3.8) is 0 Å². The van der Waals surface area contributed by atoms with Crippen molar-refractivity contribution in [1.29, 1.82) is 0 Å². The molecule has 0 atom stereocenters. The highest BCUT2D eigenvalue weighted by Crippen LogP contribution is 2.26. The minimum atomic E-state index is -3.97. The molecule has 0 saturated heterocycles. The van der Waals surface area contributed by atoms with E-state index in [2.05, 4.69) is 4.72 Å². The zero-order valence-electron chi connectivity index (χ0n) is 11.4. The van der Waals surface area contributed by atoms with Crippen LogP contribution in [-0.2, 0) is 10.0 Å². The van der Waals surface area contributed by atoms with Gasteiger partial charge >= 0.3 is 0 Å². The van der Waals surface area contributed by atoms with Crippen LogP contribution in [0.5, 0.6) is 0 Å². The summed E-state index contributed by atoms with van der Waals surface area (Å²) >= 11 is 0. The summed E-state index contributed by atoms with van der Waals surface area (Å²) in [5.41, 5.74) is 4.82. The van der Waals surface area contributed by atoms with Crippen LogP contribution in [0.4, 0.5) is 5.69 Å². The fraction of sp³-hybridized carbons (Fsp3) is 0.455. The number of hydrogen-bond acceptors (Lipinski definition) is 5. The van der Waals surface area contributed by atoms with Crippen LogP contribution in [0.1, 0.15) is 19.4 Å². The molecule has 0 bridgehead atoms. The van der Waals surface area contributed by atoms with Crippen molar-refractivity contribution in [2.24, 2.45) is 5.73 Å². The molecule has 0 fully saturated rings. The van der Waals surface area contributed by atoms with Crippen molar-refractivity contribution in [1.82, 2.24) is 4.72 Å². The number of aryl methyl sites for hydroxylation is 1. The van der Waals surface area contributed by atoms with E-state index < -0.39 is 26.2 Å². The largest absolute Gasteiger partial charge is 0.324 e. The lowest BCUT2D eigenvalue weighted by molar-refractivity contribution is -0.387. The zero-order chi connectivity index (χ0) is 14.8. The van der Waals surface area contributed by atoms with E-state index in [0.717, 1.165) is 6.07 Å². The number of benzene rings is 1. The number of nitrogens with zero attached hydrogens (tertiary/aromatic N) is 1. The normalized spacial score (nSPS) is 11.8. The van der Waals surface area contributed by atoms with E-state index in [4.69, 9.17) is 5.73 Å². The fourth-order valence-corrected chi connectivity index (χ4v) is 3.10. The zero-order valence-corrected chi connectivity index (χ0v) is 13.0. The number of rotatable bonds is 5. The molecule has 0 spiro atoms. The number of nitro groups is 1. The van der Waals surface area contributed by atoms with Crippen molar-refractivity contribution in [2.75, 3.05) is 6.54 Å². The smallest absolute Gasteiger partial charge is 0.289 e. The van der Waals surface area contributed by atoms with Crippen LogP contribution in [0.3, 0.4) is 0 Å². The maximum Gasteiger partial charge on any atom is 0.289 e. The number of halogens is 1. The number of hydrogen-bond donors (Lipinski definition) is 2. The van der Waals surface area contributed by atoms with Crippen LogP contribution in [0.25, 0.3) is 0 Å². The minimum absolute atomic E-state index is 0. The molecule has 1 aromatic rings. The Labute approximate surface area is 124 Å². The Hall–Kier alpha value is -1.22. The van der Waals surface area contributed by atoms with Gasteiger partial charge in [0.05, 0.1) is 4.92 Å². The summed E-state index contributed by atoms with van der Waals surface area (Å²) in [5.74, 6) is 0. The summed E-state index contributed by atoms with van der Waals surface area (Å²) < 4.78 is 26.6. The Morgan fingerprint density at radius 3 is 2.40 bits per heavy atom. The number of nitro benzene ring substituents is 1. The Kier molecular flexibility index (Phi) is 6.09. The van der Waals surface area contributed by atoms with Crippen LogP contribution in [0.2, 0.25) is 0 Å². The average molecular weight is 324 g/mol. The molecular formula is C11H18ClN3O4S. The highest BCUT2D eigenvalue weighted by Gasteiger charge is 2.28. The third kappa shape index (κ3) is 4.71. The van der Waals surface area contributed by atoms with Crippen molar-refractivity contribution >= 4 is 28.1 Å². The second-order valence-electron chi connectivity index (χ2n) is 4.99. The van der Waals surface area contributed by atoms with E-state index in [1.807, 2.05) is 0 Å². The Bertz CT molecular complexity index is 596. The monoisotopic (exact) mass is 323 g/mol. The summed E-state index contributed by atoms with van der Waals surface area (Å²) in [7, 11) is -3.97. The van der Waals surface area contributed by atoms with E-state index in [1.54, 1.807) is 13.8 Å². The van der Waals surface area contributed by atoms with Gasteiger partial charge in [-0.05, 0) is 26.3 Å². The molecule has 0 unspecified atom stereocenters. The Morgan fingerprint density at radius 1 is 1.40 bits per heavy atom. The first kappa shape index (κ1) is 18.8. The van der Waals surface area contributed by atoms with Crippen molar-refractivity contribution < 1.29 is 13.3 Å². The highest BCUT2D eigenvalue weighted by atomic mass is 35.5. The van der Waals surface area contributed by atoms with E-state index in [-0.39, 0.29) is 23.8 Å². The predicted octanol–water partition coefficient (Wildman–Crippen LogP) is 1.34. The molecule has 3 N–H and O–H groups in total. The first-order chi connectivity index (χ1) is 8.54. The predicted molar refractivity (Wildman–Crippen MR) is 78.5 cm³/mol. The number of sulfonamides is 1. The van der Waals surface area contributed by atoms with Gasteiger partial charge in [0, 0.05) is 18.2 Å². The van der Waals surface area contributed by atoms with Crippen molar-refractivity contribution in [2.45, 2.75) is 31.2 Å². The second kappa shape index (κ2) is 6.49. The lowest BCUT2D eigenvalue weighted by Crippen LogP contribution is -2.45. The first-order valence-electron chi connectivity index (χ1n) is 5.57. The Morgan fingerprint density at radius 2 is 1.95 bits per heavy atom. The molecular weight excluding hydrogens is 306 g/mol. The van der Waals surface area contributed by atoms with E-state index >= 15 is 0 Å². The molecule has 0 radical (unpaired) electrons. The summed E-state index contributed by atoms with van der Waals surface area (Å²) in [5, 5.41) is 10.9. The lowest BCUT2D eigenvalue weighted by Gasteiger charge is -2.19. The number of nitrogens with two attached hydrogens (primary N) is 1. The molecule has 1 aromatic carbocycles. The van der Waals surface area contributed by atoms with Crippen LogP contribution in [-0.4, -0.2) is 25.4 Å². The van der Waals surface area contributed by atoms with Gasteiger partial charge in [-0.1, -0.05) is 12.1 Å². The van der Waals surface area contributed by atoms with Crippen LogP contribution < -0.4 is 10.5 Å². The molecule has 0 saturated carbocycles. The molecule has 0 aliphatic heterocycles. The van der Waals surface area contributed by atoms with Crippen molar-refractivity contribution in [3.8, 4) is 0 Å². The van der Waals surface area contributed by atoms with Crippen LogP contribution in [0.15, 0.2) is 23.1 Å². The van der Waals surface area contributed by atoms with E-state index in [9.17, 15) is 18.5 Å². The summed E-state index contributed by atoms with van der Waals surface area (Å²) in [6.07, 6.45) is 0. The summed E-state index contributed by atoms with van der Waals surface area (Å²) in [6, 6.07) is 4.11. The van der Waals surface area contributed by atoms with Gasteiger partial charge in [0.2, 0.25) is 10.0 Å².